The van der Waals surface area contributed by atoms with Crippen LogP contribution in [-0.4, -0.2) is 57.1 Å². The van der Waals surface area contributed by atoms with Crippen LogP contribution in [0.3, 0.4) is 0 Å². The summed E-state index contributed by atoms with van der Waals surface area (Å²) in [6.45, 7) is 6.45. The maximum atomic E-state index is 14.5. The van der Waals surface area contributed by atoms with Gasteiger partial charge in [-0.15, -0.1) is 0 Å². The molecular weight excluding hydrogens is 385 g/mol. The monoisotopic (exact) mass is 411 g/mol. The number of carbonyl (C=O) groups excluding carboxylic acids is 1. The van der Waals surface area contributed by atoms with Crippen LogP contribution in [0, 0.1) is 6.92 Å². The summed E-state index contributed by atoms with van der Waals surface area (Å²) in [5.41, 5.74) is 2.18. The fraction of sp³-hybridized carbons (Fsp3) is 0.455. The number of hydrogen-bond donors (Lipinski definition) is 1. The van der Waals surface area contributed by atoms with Gasteiger partial charge in [-0.2, -0.15) is 0 Å². The SMILES string of the molecule is Cc1ncc(-c2cnc3cnc(CC(=O)N4CC[C@H](NC(C)C)[C@@H](F)C4)cc3c2)o1. The molecule has 0 spiro atoms. The lowest BCUT2D eigenvalue weighted by molar-refractivity contribution is -0.133. The molecule has 1 amide bonds. The zero-order valence-electron chi connectivity index (χ0n) is 17.4. The number of aromatic nitrogens is 3. The smallest absolute Gasteiger partial charge is 0.228 e. The quantitative estimate of drug-likeness (QED) is 0.695. The molecule has 1 saturated heterocycles. The zero-order chi connectivity index (χ0) is 21.3. The molecule has 8 heteroatoms. The second kappa shape index (κ2) is 8.47. The van der Waals surface area contributed by atoms with Gasteiger partial charge in [-0.1, -0.05) is 13.8 Å². The molecule has 158 valence electrons. The molecule has 0 aromatic carbocycles. The lowest BCUT2D eigenvalue weighted by Gasteiger charge is -2.36. The summed E-state index contributed by atoms with van der Waals surface area (Å²) in [6, 6.07) is 3.82. The van der Waals surface area contributed by atoms with Crippen LogP contribution in [0.1, 0.15) is 31.9 Å². The molecule has 3 aromatic heterocycles. The molecular formula is C22H26FN5O2. The molecule has 4 heterocycles. The molecule has 30 heavy (non-hydrogen) atoms. The fourth-order valence-electron chi connectivity index (χ4n) is 3.82. The van der Waals surface area contributed by atoms with Crippen LogP contribution in [0.15, 0.2) is 35.1 Å². The topological polar surface area (TPSA) is 84.2 Å². The molecule has 0 aliphatic carbocycles. The summed E-state index contributed by atoms with van der Waals surface area (Å²) in [4.78, 5) is 27.2. The number of likely N-dealkylation sites (tertiary alicyclic amines) is 1. The van der Waals surface area contributed by atoms with E-state index in [0.29, 0.717) is 30.3 Å². The van der Waals surface area contributed by atoms with Gasteiger partial charge < -0.3 is 14.6 Å². The van der Waals surface area contributed by atoms with Crippen molar-refractivity contribution in [3.63, 3.8) is 0 Å². The minimum Gasteiger partial charge on any atom is -0.441 e. The van der Waals surface area contributed by atoms with E-state index in [1.54, 1.807) is 30.4 Å². The summed E-state index contributed by atoms with van der Waals surface area (Å²) < 4.78 is 20.0. The number of aryl methyl sites for hydroxylation is 1. The van der Waals surface area contributed by atoms with Gasteiger partial charge in [0, 0.05) is 42.7 Å². The summed E-state index contributed by atoms with van der Waals surface area (Å²) in [6.07, 6.45) is 4.72. The second-order valence-electron chi connectivity index (χ2n) is 8.08. The number of oxazole rings is 1. The second-order valence-corrected chi connectivity index (χ2v) is 8.08. The van der Waals surface area contributed by atoms with Gasteiger partial charge >= 0.3 is 0 Å². The first kappa shape index (κ1) is 20.4. The number of alkyl halides is 1. The lowest BCUT2D eigenvalue weighted by Crippen LogP contribution is -2.54. The highest BCUT2D eigenvalue weighted by atomic mass is 19.1. The number of carbonyl (C=O) groups is 1. The van der Waals surface area contributed by atoms with Gasteiger partial charge in [0.05, 0.1) is 36.6 Å². The van der Waals surface area contributed by atoms with Crippen LogP contribution in [0.2, 0.25) is 0 Å². The Hall–Kier alpha value is -2.87. The maximum absolute atomic E-state index is 14.5. The van der Waals surface area contributed by atoms with Crippen LogP contribution < -0.4 is 5.32 Å². The van der Waals surface area contributed by atoms with Crippen LogP contribution in [-0.2, 0) is 11.2 Å². The Morgan fingerprint density at radius 2 is 2.10 bits per heavy atom. The highest BCUT2D eigenvalue weighted by molar-refractivity contribution is 5.84. The average molecular weight is 411 g/mol. The Morgan fingerprint density at radius 3 is 2.80 bits per heavy atom. The van der Waals surface area contributed by atoms with E-state index in [0.717, 1.165) is 16.5 Å². The van der Waals surface area contributed by atoms with Gasteiger partial charge in [-0.25, -0.2) is 9.37 Å². The average Bonchev–Trinajstić information content (AvgIpc) is 3.15. The van der Waals surface area contributed by atoms with Crippen molar-refractivity contribution in [3.05, 3.63) is 42.3 Å². The Labute approximate surface area is 174 Å². The van der Waals surface area contributed by atoms with E-state index in [9.17, 15) is 9.18 Å². The Morgan fingerprint density at radius 1 is 1.27 bits per heavy atom. The predicted octanol–water partition coefficient (Wildman–Crippen LogP) is 3.07. The molecule has 4 rings (SSSR count). The highest BCUT2D eigenvalue weighted by Gasteiger charge is 2.31. The number of hydrogen-bond acceptors (Lipinski definition) is 6. The van der Waals surface area contributed by atoms with Crippen molar-refractivity contribution < 1.29 is 13.6 Å². The third-order valence-electron chi connectivity index (χ3n) is 5.30. The van der Waals surface area contributed by atoms with Crippen LogP contribution >= 0.6 is 0 Å². The Kier molecular flexibility index (Phi) is 5.76. The van der Waals surface area contributed by atoms with Crippen molar-refractivity contribution in [2.75, 3.05) is 13.1 Å². The van der Waals surface area contributed by atoms with E-state index >= 15 is 0 Å². The van der Waals surface area contributed by atoms with E-state index in [-0.39, 0.29) is 31.0 Å². The number of rotatable bonds is 5. The van der Waals surface area contributed by atoms with Crippen molar-refractivity contribution in [1.82, 2.24) is 25.2 Å². The number of piperidine rings is 1. The fourth-order valence-corrected chi connectivity index (χ4v) is 3.82. The molecule has 0 bridgehead atoms. The van der Waals surface area contributed by atoms with E-state index in [2.05, 4.69) is 20.3 Å². The summed E-state index contributed by atoms with van der Waals surface area (Å²) in [5, 5.41) is 4.10. The van der Waals surface area contributed by atoms with Crippen molar-refractivity contribution >= 4 is 16.8 Å². The molecule has 2 atom stereocenters. The van der Waals surface area contributed by atoms with Gasteiger partial charge in [-0.3, -0.25) is 14.8 Å². The number of nitrogens with zero attached hydrogens (tertiary/aromatic N) is 4. The van der Waals surface area contributed by atoms with E-state index < -0.39 is 6.17 Å². The molecule has 1 N–H and O–H groups in total. The minimum atomic E-state index is -1.06. The predicted molar refractivity (Wildman–Crippen MR) is 112 cm³/mol. The zero-order valence-corrected chi connectivity index (χ0v) is 17.4. The number of fused-ring (bicyclic) bond motifs is 1. The van der Waals surface area contributed by atoms with Gasteiger partial charge in [0.25, 0.3) is 0 Å². The first-order valence-corrected chi connectivity index (χ1v) is 10.2. The van der Waals surface area contributed by atoms with E-state index in [1.807, 2.05) is 26.0 Å². The van der Waals surface area contributed by atoms with Gasteiger partial charge in [0.15, 0.2) is 11.7 Å². The normalized spacial score (nSPS) is 19.6. The van der Waals surface area contributed by atoms with Crippen molar-refractivity contribution in [2.45, 2.75) is 51.9 Å². The summed E-state index contributed by atoms with van der Waals surface area (Å²) in [7, 11) is 0. The van der Waals surface area contributed by atoms with Crippen molar-refractivity contribution in [3.8, 4) is 11.3 Å². The third kappa shape index (κ3) is 4.48. The Balaban J connectivity index is 1.46. The van der Waals surface area contributed by atoms with Gasteiger partial charge in [0.2, 0.25) is 5.91 Å². The third-order valence-corrected chi connectivity index (χ3v) is 5.30. The number of amides is 1. The van der Waals surface area contributed by atoms with Crippen molar-refractivity contribution in [2.24, 2.45) is 0 Å². The number of halogens is 1. The molecule has 0 unspecified atom stereocenters. The molecule has 1 aliphatic rings. The molecule has 0 radical (unpaired) electrons. The van der Waals surface area contributed by atoms with Crippen LogP contribution in [0.4, 0.5) is 4.39 Å². The lowest BCUT2D eigenvalue weighted by atomic mass is 10.0. The highest BCUT2D eigenvalue weighted by Crippen LogP contribution is 2.24. The van der Waals surface area contributed by atoms with Crippen LogP contribution in [0.5, 0.6) is 0 Å². The molecule has 1 fully saturated rings. The molecule has 0 saturated carbocycles. The minimum absolute atomic E-state index is 0.109. The Bertz CT molecular complexity index is 1050. The maximum Gasteiger partial charge on any atom is 0.228 e. The summed E-state index contributed by atoms with van der Waals surface area (Å²) in [5.74, 6) is 1.12. The van der Waals surface area contributed by atoms with Crippen molar-refractivity contribution in [1.29, 1.82) is 0 Å². The first-order valence-electron chi connectivity index (χ1n) is 10.2. The van der Waals surface area contributed by atoms with Gasteiger partial charge in [0.1, 0.15) is 6.17 Å². The van der Waals surface area contributed by atoms with Gasteiger partial charge in [-0.05, 0) is 18.6 Å². The van der Waals surface area contributed by atoms with Crippen LogP contribution in [0.25, 0.3) is 22.2 Å². The van der Waals surface area contributed by atoms with E-state index in [4.69, 9.17) is 4.42 Å². The molecule has 1 aliphatic heterocycles. The molecule has 7 nitrogen and oxygen atoms in total. The largest absolute Gasteiger partial charge is 0.441 e. The number of nitrogens with one attached hydrogen (secondary N) is 1. The first-order chi connectivity index (χ1) is 14.4. The molecule has 3 aromatic rings. The van der Waals surface area contributed by atoms with E-state index in [1.165, 1.54) is 0 Å². The number of pyridine rings is 2. The summed E-state index contributed by atoms with van der Waals surface area (Å²) >= 11 is 0. The standard InChI is InChI=1S/C22H26FN5O2/c1-13(2)27-19-4-5-28(12-18(19)23)22(29)8-17-7-15-6-16(9-26-20(15)10-25-17)21-11-24-14(3)30-21/h6-7,9-11,13,18-19,27H,4-5,8,12H2,1-3H3/t18-,19-/m0/s1.